The first-order chi connectivity index (χ1) is 12.9. The van der Waals surface area contributed by atoms with Crippen LogP contribution in [0.15, 0.2) is 46.5 Å². The molecule has 0 bridgehead atoms. The molecule has 136 valence electrons. The molecule has 0 unspecified atom stereocenters. The van der Waals surface area contributed by atoms with Gasteiger partial charge in [-0.25, -0.2) is 4.39 Å². The maximum absolute atomic E-state index is 13.7. The van der Waals surface area contributed by atoms with E-state index in [0.29, 0.717) is 17.1 Å². The van der Waals surface area contributed by atoms with E-state index in [1.165, 1.54) is 24.3 Å². The zero-order valence-electron chi connectivity index (χ0n) is 15.1. The van der Waals surface area contributed by atoms with Gasteiger partial charge in [-0.15, -0.1) is 0 Å². The summed E-state index contributed by atoms with van der Waals surface area (Å²) in [6.45, 7) is 5.54. The van der Waals surface area contributed by atoms with Gasteiger partial charge >= 0.3 is 0 Å². The lowest BCUT2D eigenvalue weighted by Crippen LogP contribution is -2.14. The Balaban J connectivity index is 1.94. The number of para-hydroxylation sites is 1. The number of carbonyl (C=O) groups is 1. The second-order valence-corrected chi connectivity index (χ2v) is 6.06. The molecule has 3 rings (SSSR count). The van der Waals surface area contributed by atoms with Crippen LogP contribution in [0.4, 0.5) is 10.1 Å². The maximum Gasteiger partial charge on any atom is 0.266 e. The molecule has 27 heavy (non-hydrogen) atoms. The molecule has 6 nitrogen and oxygen atoms in total. The second-order valence-electron chi connectivity index (χ2n) is 6.06. The van der Waals surface area contributed by atoms with Crippen LogP contribution in [0.3, 0.4) is 0 Å². The van der Waals surface area contributed by atoms with Crippen molar-refractivity contribution in [2.45, 2.75) is 20.8 Å². The topological polar surface area (TPSA) is 83.9 Å². The summed E-state index contributed by atoms with van der Waals surface area (Å²) in [5, 5.41) is 15.8. The quantitative estimate of drug-likeness (QED) is 0.558. The summed E-state index contributed by atoms with van der Waals surface area (Å²) >= 11 is 0. The van der Waals surface area contributed by atoms with Crippen LogP contribution in [0, 0.1) is 37.9 Å². The largest absolute Gasteiger partial charge is 0.360 e. The fourth-order valence-electron chi connectivity index (χ4n) is 2.80. The van der Waals surface area contributed by atoms with Crippen molar-refractivity contribution in [3.8, 4) is 11.9 Å². The number of nitriles is 1. The summed E-state index contributed by atoms with van der Waals surface area (Å²) in [6.07, 6.45) is 1.47. The summed E-state index contributed by atoms with van der Waals surface area (Å²) < 4.78 is 20.7. The number of hydrogen-bond acceptors (Lipinski definition) is 4. The number of anilines is 1. The molecule has 0 aliphatic rings. The third-order valence-electron chi connectivity index (χ3n) is 4.10. The van der Waals surface area contributed by atoms with E-state index < -0.39 is 11.7 Å². The van der Waals surface area contributed by atoms with E-state index in [0.717, 1.165) is 11.4 Å². The van der Waals surface area contributed by atoms with Crippen molar-refractivity contribution in [1.29, 1.82) is 5.26 Å². The lowest BCUT2D eigenvalue weighted by Gasteiger charge is -2.06. The molecule has 0 fully saturated rings. The predicted octanol–water partition coefficient (Wildman–Crippen LogP) is 4.08. The maximum atomic E-state index is 13.7. The van der Waals surface area contributed by atoms with E-state index in [1.807, 2.05) is 30.6 Å². The van der Waals surface area contributed by atoms with Crippen molar-refractivity contribution in [2.24, 2.45) is 0 Å². The number of benzene rings is 1. The Morgan fingerprint density at radius 3 is 2.67 bits per heavy atom. The predicted molar refractivity (Wildman–Crippen MR) is 98.7 cm³/mol. The highest BCUT2D eigenvalue weighted by Crippen LogP contribution is 2.23. The van der Waals surface area contributed by atoms with Gasteiger partial charge in [-0.1, -0.05) is 17.3 Å². The first kappa shape index (κ1) is 18.1. The Labute approximate surface area is 155 Å². The molecule has 2 heterocycles. The van der Waals surface area contributed by atoms with Crippen LogP contribution < -0.4 is 5.32 Å². The minimum Gasteiger partial charge on any atom is -0.360 e. The van der Waals surface area contributed by atoms with E-state index in [9.17, 15) is 14.4 Å². The van der Waals surface area contributed by atoms with Crippen molar-refractivity contribution in [1.82, 2.24) is 9.72 Å². The number of nitrogens with one attached hydrogen (secondary N) is 1. The van der Waals surface area contributed by atoms with Crippen molar-refractivity contribution >= 4 is 17.7 Å². The molecule has 1 amide bonds. The van der Waals surface area contributed by atoms with Crippen LogP contribution in [0.25, 0.3) is 11.9 Å². The number of nitrogens with zero attached hydrogens (tertiary/aromatic N) is 3. The van der Waals surface area contributed by atoms with E-state index in [4.69, 9.17) is 4.52 Å². The molecule has 1 aromatic carbocycles. The number of rotatable bonds is 4. The highest BCUT2D eigenvalue weighted by molar-refractivity contribution is 6.09. The molecule has 1 N–H and O–H groups in total. The van der Waals surface area contributed by atoms with Gasteiger partial charge in [0.2, 0.25) is 0 Å². The summed E-state index contributed by atoms with van der Waals surface area (Å²) in [6, 6.07) is 11.3. The van der Waals surface area contributed by atoms with E-state index in [1.54, 1.807) is 19.1 Å². The minimum atomic E-state index is -0.676. The number of aromatic nitrogens is 2. The Hall–Kier alpha value is -3.66. The van der Waals surface area contributed by atoms with Gasteiger partial charge in [0, 0.05) is 17.5 Å². The fraction of sp³-hybridized carbons (Fsp3) is 0.150. The van der Waals surface area contributed by atoms with E-state index in [-0.39, 0.29) is 11.3 Å². The van der Waals surface area contributed by atoms with Gasteiger partial charge in [-0.05, 0) is 50.6 Å². The molecule has 7 heteroatoms. The SMILES string of the molecule is Cc1cc(-n2c(C)cc(/C=C(\C#N)C(=O)Nc3ccccc3F)c2C)no1. The molecular formula is C20H17FN4O2. The van der Waals surface area contributed by atoms with Gasteiger partial charge in [-0.2, -0.15) is 5.26 Å². The Morgan fingerprint density at radius 2 is 2.04 bits per heavy atom. The summed E-state index contributed by atoms with van der Waals surface area (Å²) in [5.41, 5.74) is 2.25. The molecule has 3 aromatic rings. The highest BCUT2D eigenvalue weighted by atomic mass is 19.1. The minimum absolute atomic E-state index is 0.0206. The standard InChI is InChI=1S/C20H17FN4O2/c1-12-8-15(14(3)25(12)19-9-13(2)27-24-19)10-16(11-22)20(26)23-18-7-5-4-6-17(18)21/h4-10H,1-3H3,(H,23,26)/b16-10+. The van der Waals surface area contributed by atoms with Crippen LogP contribution in [0.5, 0.6) is 0 Å². The van der Waals surface area contributed by atoms with Crippen LogP contribution in [0.2, 0.25) is 0 Å². The van der Waals surface area contributed by atoms with Crippen molar-refractivity contribution in [2.75, 3.05) is 5.32 Å². The summed E-state index contributed by atoms with van der Waals surface area (Å²) in [5.74, 6) is 0.0560. The Morgan fingerprint density at radius 1 is 1.30 bits per heavy atom. The molecule has 0 saturated carbocycles. The van der Waals surface area contributed by atoms with Gasteiger partial charge in [0.15, 0.2) is 5.82 Å². The van der Waals surface area contributed by atoms with Gasteiger partial charge in [0.05, 0.1) is 5.69 Å². The Bertz CT molecular complexity index is 1090. The van der Waals surface area contributed by atoms with E-state index >= 15 is 0 Å². The van der Waals surface area contributed by atoms with Crippen LogP contribution in [0.1, 0.15) is 22.7 Å². The number of hydrogen-bond donors (Lipinski definition) is 1. The highest BCUT2D eigenvalue weighted by Gasteiger charge is 2.16. The molecule has 0 atom stereocenters. The van der Waals surface area contributed by atoms with E-state index in [2.05, 4.69) is 10.5 Å². The number of halogens is 1. The monoisotopic (exact) mass is 364 g/mol. The summed E-state index contributed by atoms with van der Waals surface area (Å²) in [7, 11) is 0. The zero-order valence-corrected chi connectivity index (χ0v) is 15.1. The lowest BCUT2D eigenvalue weighted by molar-refractivity contribution is -0.112. The molecular weight excluding hydrogens is 347 g/mol. The molecule has 0 aliphatic carbocycles. The Kier molecular flexibility index (Phi) is 4.90. The fourth-order valence-corrected chi connectivity index (χ4v) is 2.80. The average molecular weight is 364 g/mol. The van der Waals surface area contributed by atoms with Crippen molar-refractivity contribution < 1.29 is 13.7 Å². The normalized spacial score (nSPS) is 11.3. The second kappa shape index (κ2) is 7.30. The third-order valence-corrected chi connectivity index (χ3v) is 4.10. The number of carbonyl (C=O) groups excluding carboxylic acids is 1. The number of aryl methyl sites for hydroxylation is 2. The molecule has 0 spiro atoms. The van der Waals surface area contributed by atoms with Crippen molar-refractivity contribution in [3.63, 3.8) is 0 Å². The lowest BCUT2D eigenvalue weighted by atomic mass is 10.1. The van der Waals surface area contributed by atoms with Gasteiger partial charge in [0.25, 0.3) is 5.91 Å². The average Bonchev–Trinajstić information content (AvgIpc) is 3.17. The third kappa shape index (κ3) is 3.65. The van der Waals surface area contributed by atoms with Crippen LogP contribution in [-0.4, -0.2) is 15.6 Å². The molecule has 2 aromatic heterocycles. The molecule has 0 saturated heterocycles. The smallest absolute Gasteiger partial charge is 0.266 e. The van der Waals surface area contributed by atoms with Crippen LogP contribution >= 0.6 is 0 Å². The van der Waals surface area contributed by atoms with Crippen LogP contribution in [-0.2, 0) is 4.79 Å². The molecule has 0 aliphatic heterocycles. The first-order valence-corrected chi connectivity index (χ1v) is 8.21. The first-order valence-electron chi connectivity index (χ1n) is 8.21. The van der Waals surface area contributed by atoms with Gasteiger partial charge in [-0.3, -0.25) is 9.36 Å². The van der Waals surface area contributed by atoms with Crippen molar-refractivity contribution in [3.05, 3.63) is 70.5 Å². The number of amides is 1. The zero-order chi connectivity index (χ0) is 19.6. The van der Waals surface area contributed by atoms with Gasteiger partial charge in [0.1, 0.15) is 23.2 Å². The summed E-state index contributed by atoms with van der Waals surface area (Å²) in [4.78, 5) is 12.4. The van der Waals surface area contributed by atoms with Gasteiger partial charge < -0.3 is 9.84 Å². The molecule has 0 radical (unpaired) electrons.